The molecule has 0 aliphatic rings. The Bertz CT molecular complexity index is 615. The third-order valence-corrected chi connectivity index (χ3v) is 3.17. The molecule has 0 heterocycles. The van der Waals surface area contributed by atoms with Crippen LogP contribution in [0.5, 0.6) is 5.75 Å². The van der Waals surface area contributed by atoms with Crippen LogP contribution in [0.4, 0.5) is 0 Å². The number of hydrazine groups is 1. The molecule has 104 valence electrons. The molecule has 0 spiro atoms. The summed E-state index contributed by atoms with van der Waals surface area (Å²) >= 11 is 6.07. The molecule has 0 aliphatic heterocycles. The van der Waals surface area contributed by atoms with Crippen molar-refractivity contribution in [3.63, 3.8) is 0 Å². The second-order valence-corrected chi connectivity index (χ2v) is 4.72. The van der Waals surface area contributed by atoms with Gasteiger partial charge in [-0.1, -0.05) is 41.9 Å². The van der Waals surface area contributed by atoms with Gasteiger partial charge in [0.1, 0.15) is 5.75 Å². The Kier molecular flexibility index (Phi) is 4.61. The average molecular weight is 291 g/mol. The molecular weight excluding hydrogens is 276 g/mol. The normalized spacial score (nSPS) is 10.2. The Labute approximate surface area is 122 Å². The molecule has 20 heavy (non-hydrogen) atoms. The highest BCUT2D eigenvalue weighted by Gasteiger charge is 2.17. The van der Waals surface area contributed by atoms with Crippen LogP contribution < -0.4 is 16.0 Å². The second kappa shape index (κ2) is 6.41. The quantitative estimate of drug-likeness (QED) is 0.517. The number of carbonyl (C=O) groups excluding carboxylic acids is 1. The van der Waals surface area contributed by atoms with Crippen molar-refractivity contribution in [2.45, 2.75) is 6.42 Å². The number of methoxy groups -OCH3 is 1. The van der Waals surface area contributed by atoms with Gasteiger partial charge in [-0.15, -0.1) is 0 Å². The molecule has 2 aromatic rings. The van der Waals surface area contributed by atoms with Gasteiger partial charge in [0, 0.05) is 17.0 Å². The fourth-order valence-electron chi connectivity index (χ4n) is 2.08. The number of benzene rings is 2. The van der Waals surface area contributed by atoms with Crippen LogP contribution in [0.2, 0.25) is 5.02 Å². The van der Waals surface area contributed by atoms with Gasteiger partial charge in [-0.3, -0.25) is 10.2 Å². The fraction of sp³-hybridized carbons (Fsp3) is 0.133. The van der Waals surface area contributed by atoms with E-state index in [0.29, 0.717) is 22.8 Å². The molecule has 4 nitrogen and oxygen atoms in total. The summed E-state index contributed by atoms with van der Waals surface area (Å²) in [6.45, 7) is 0. The van der Waals surface area contributed by atoms with E-state index in [-0.39, 0.29) is 0 Å². The van der Waals surface area contributed by atoms with Crippen LogP contribution in [0.15, 0.2) is 42.5 Å². The number of amides is 1. The lowest BCUT2D eigenvalue weighted by Gasteiger charge is -2.13. The number of halogens is 1. The van der Waals surface area contributed by atoms with E-state index in [1.807, 2.05) is 30.3 Å². The van der Waals surface area contributed by atoms with Crippen LogP contribution in [0, 0.1) is 0 Å². The van der Waals surface area contributed by atoms with E-state index in [0.717, 1.165) is 11.1 Å². The van der Waals surface area contributed by atoms with Gasteiger partial charge in [-0.25, -0.2) is 5.84 Å². The van der Waals surface area contributed by atoms with E-state index < -0.39 is 5.91 Å². The summed E-state index contributed by atoms with van der Waals surface area (Å²) in [7, 11) is 1.52. The summed E-state index contributed by atoms with van der Waals surface area (Å²) in [5.74, 6) is 5.24. The van der Waals surface area contributed by atoms with Gasteiger partial charge in [-0.2, -0.15) is 0 Å². The van der Waals surface area contributed by atoms with Crippen molar-refractivity contribution in [3.8, 4) is 5.75 Å². The lowest BCUT2D eigenvalue weighted by Crippen LogP contribution is -2.30. The van der Waals surface area contributed by atoms with Gasteiger partial charge in [0.2, 0.25) is 0 Å². The van der Waals surface area contributed by atoms with Crippen molar-refractivity contribution in [1.29, 1.82) is 0 Å². The first kappa shape index (κ1) is 14.4. The van der Waals surface area contributed by atoms with Crippen molar-refractivity contribution in [1.82, 2.24) is 5.43 Å². The Morgan fingerprint density at radius 2 is 2.00 bits per heavy atom. The number of ether oxygens (including phenoxy) is 1. The maximum absolute atomic E-state index is 11.8. The summed E-state index contributed by atoms with van der Waals surface area (Å²) in [6.07, 6.45) is 0.620. The molecule has 0 radical (unpaired) electrons. The van der Waals surface area contributed by atoms with Gasteiger partial charge < -0.3 is 4.74 Å². The smallest absolute Gasteiger partial charge is 0.269 e. The highest BCUT2D eigenvalue weighted by molar-refractivity contribution is 6.31. The zero-order valence-electron chi connectivity index (χ0n) is 11.0. The van der Waals surface area contributed by atoms with Gasteiger partial charge in [0.15, 0.2) is 0 Å². The molecule has 1 amide bonds. The monoisotopic (exact) mass is 290 g/mol. The molecule has 3 N–H and O–H groups in total. The summed E-state index contributed by atoms with van der Waals surface area (Å²) in [5, 5.41) is 0.468. The minimum atomic E-state index is -0.432. The molecule has 0 bridgehead atoms. The first-order chi connectivity index (χ1) is 9.65. The van der Waals surface area contributed by atoms with E-state index in [1.54, 1.807) is 6.07 Å². The Morgan fingerprint density at radius 3 is 2.60 bits per heavy atom. The number of nitrogens with two attached hydrogens (primary N) is 1. The second-order valence-electron chi connectivity index (χ2n) is 4.28. The third kappa shape index (κ3) is 3.10. The summed E-state index contributed by atoms with van der Waals surface area (Å²) in [4.78, 5) is 11.8. The number of rotatable bonds is 4. The summed E-state index contributed by atoms with van der Waals surface area (Å²) in [5.41, 5.74) is 4.37. The van der Waals surface area contributed by atoms with Gasteiger partial charge >= 0.3 is 0 Å². The average Bonchev–Trinajstić information content (AvgIpc) is 2.47. The minimum absolute atomic E-state index is 0.327. The predicted octanol–water partition coefficient (Wildman–Crippen LogP) is 2.54. The van der Waals surface area contributed by atoms with Crippen molar-refractivity contribution >= 4 is 17.5 Å². The number of hydrogen-bond acceptors (Lipinski definition) is 3. The van der Waals surface area contributed by atoms with Crippen molar-refractivity contribution in [3.05, 3.63) is 64.2 Å². The molecule has 0 atom stereocenters. The number of carbonyl (C=O) groups is 1. The van der Waals surface area contributed by atoms with Gasteiger partial charge in [0.05, 0.1) is 12.7 Å². The van der Waals surface area contributed by atoms with E-state index in [1.165, 1.54) is 13.2 Å². The highest BCUT2D eigenvalue weighted by Crippen LogP contribution is 2.30. The Balaban J connectivity index is 2.46. The lowest BCUT2D eigenvalue weighted by molar-refractivity contribution is 0.0950. The lowest BCUT2D eigenvalue weighted by atomic mass is 10.0. The van der Waals surface area contributed by atoms with Gasteiger partial charge in [-0.05, 0) is 17.7 Å². The van der Waals surface area contributed by atoms with Crippen LogP contribution in [0.3, 0.4) is 0 Å². The zero-order valence-corrected chi connectivity index (χ0v) is 11.8. The molecule has 2 rings (SSSR count). The largest absolute Gasteiger partial charge is 0.496 e. The third-order valence-electron chi connectivity index (χ3n) is 2.95. The minimum Gasteiger partial charge on any atom is -0.496 e. The van der Waals surface area contributed by atoms with Crippen LogP contribution in [0.1, 0.15) is 21.5 Å². The molecule has 0 saturated carbocycles. The maximum Gasteiger partial charge on any atom is 0.269 e. The van der Waals surface area contributed by atoms with E-state index in [9.17, 15) is 4.79 Å². The molecular formula is C15H15ClN2O2. The topological polar surface area (TPSA) is 64.3 Å². The fourth-order valence-corrected chi connectivity index (χ4v) is 2.33. The summed E-state index contributed by atoms with van der Waals surface area (Å²) < 4.78 is 5.35. The first-order valence-electron chi connectivity index (χ1n) is 6.07. The SMILES string of the molecule is COc1c(Cc2ccccc2)cc(Cl)cc1C(=O)NN. The number of hydrogen-bond donors (Lipinski definition) is 2. The zero-order chi connectivity index (χ0) is 14.5. The molecule has 0 fully saturated rings. The van der Waals surface area contributed by atoms with E-state index >= 15 is 0 Å². The molecule has 0 unspecified atom stereocenters. The van der Waals surface area contributed by atoms with Crippen LogP contribution >= 0.6 is 11.6 Å². The Morgan fingerprint density at radius 1 is 1.30 bits per heavy atom. The number of nitrogens with one attached hydrogen (secondary N) is 1. The molecule has 0 saturated heterocycles. The van der Waals surface area contributed by atoms with E-state index in [4.69, 9.17) is 22.2 Å². The predicted molar refractivity (Wildman–Crippen MR) is 78.9 cm³/mol. The maximum atomic E-state index is 11.8. The summed E-state index contributed by atoms with van der Waals surface area (Å²) in [6, 6.07) is 13.2. The standard InChI is InChI=1S/C15H15ClN2O2/c1-20-14-11(7-10-5-3-2-4-6-10)8-12(16)9-13(14)15(19)18-17/h2-6,8-9H,7,17H2,1H3,(H,18,19). The van der Waals surface area contributed by atoms with Crippen molar-refractivity contribution in [2.75, 3.05) is 7.11 Å². The number of nitrogen functional groups attached to an aromatic ring is 1. The molecule has 5 heteroatoms. The van der Waals surface area contributed by atoms with E-state index in [2.05, 4.69) is 5.43 Å². The van der Waals surface area contributed by atoms with Crippen LogP contribution in [0.25, 0.3) is 0 Å². The molecule has 2 aromatic carbocycles. The van der Waals surface area contributed by atoms with Gasteiger partial charge in [0.25, 0.3) is 5.91 Å². The van der Waals surface area contributed by atoms with Crippen molar-refractivity contribution in [2.24, 2.45) is 5.84 Å². The van der Waals surface area contributed by atoms with Crippen molar-refractivity contribution < 1.29 is 9.53 Å². The van der Waals surface area contributed by atoms with Crippen LogP contribution in [-0.4, -0.2) is 13.0 Å². The van der Waals surface area contributed by atoms with Crippen LogP contribution in [-0.2, 0) is 6.42 Å². The molecule has 0 aromatic heterocycles. The first-order valence-corrected chi connectivity index (χ1v) is 6.44. The highest BCUT2D eigenvalue weighted by atomic mass is 35.5. The molecule has 0 aliphatic carbocycles. The Hall–Kier alpha value is -2.04.